The Morgan fingerprint density at radius 2 is 1.74 bits per heavy atom. The van der Waals surface area contributed by atoms with Gasteiger partial charge in [0.1, 0.15) is 0 Å². The molecule has 2 aliphatic carbocycles. The number of hydrogen-bond donors (Lipinski definition) is 2. The SMILES string of the molecule is CN(C)CC1(c2ccc(C(=O)NC3c4ccccc4CC3NC(=O)c3ccc(Cl)s3)cc2)CC1. The molecule has 0 bridgehead atoms. The Labute approximate surface area is 209 Å². The molecular formula is C27H28ClN3O2S. The van der Waals surface area contributed by atoms with E-state index in [0.717, 1.165) is 17.7 Å². The molecule has 176 valence electrons. The first-order valence-electron chi connectivity index (χ1n) is 11.5. The number of fused-ring (bicyclic) bond motifs is 1. The second-order valence-corrected chi connectivity index (χ2v) is 11.3. The van der Waals surface area contributed by atoms with Crippen molar-refractivity contribution >= 4 is 34.8 Å². The maximum atomic E-state index is 13.2. The van der Waals surface area contributed by atoms with Gasteiger partial charge in [0.2, 0.25) is 0 Å². The molecule has 2 aromatic carbocycles. The van der Waals surface area contributed by atoms with E-state index < -0.39 is 0 Å². The van der Waals surface area contributed by atoms with Crippen LogP contribution in [0.3, 0.4) is 0 Å². The summed E-state index contributed by atoms with van der Waals surface area (Å²) in [5, 5.41) is 6.30. The van der Waals surface area contributed by atoms with Gasteiger partial charge in [0.15, 0.2) is 0 Å². The summed E-state index contributed by atoms with van der Waals surface area (Å²) in [5.41, 5.74) is 4.33. The van der Waals surface area contributed by atoms with Gasteiger partial charge in [0, 0.05) is 17.5 Å². The van der Waals surface area contributed by atoms with Gasteiger partial charge in [-0.2, -0.15) is 0 Å². The number of likely N-dealkylation sites (N-methyl/N-ethyl adjacent to an activating group) is 1. The number of amides is 2. The molecule has 1 aromatic heterocycles. The second kappa shape index (κ2) is 9.17. The van der Waals surface area contributed by atoms with Crippen molar-refractivity contribution in [2.24, 2.45) is 0 Å². The lowest BCUT2D eigenvalue weighted by molar-refractivity contribution is 0.0890. The predicted octanol–water partition coefficient (Wildman–Crippen LogP) is 4.82. The van der Waals surface area contributed by atoms with E-state index in [0.29, 0.717) is 21.2 Å². The third-order valence-corrected chi connectivity index (χ3v) is 8.09. The van der Waals surface area contributed by atoms with Crippen LogP contribution in [0, 0.1) is 0 Å². The van der Waals surface area contributed by atoms with Gasteiger partial charge < -0.3 is 15.5 Å². The van der Waals surface area contributed by atoms with Crippen molar-refractivity contribution in [3.63, 3.8) is 0 Å². The zero-order valence-corrected chi connectivity index (χ0v) is 20.9. The maximum Gasteiger partial charge on any atom is 0.261 e. The van der Waals surface area contributed by atoms with Crippen molar-refractivity contribution in [2.75, 3.05) is 20.6 Å². The van der Waals surface area contributed by atoms with Gasteiger partial charge in [0.25, 0.3) is 11.8 Å². The van der Waals surface area contributed by atoms with Crippen LogP contribution >= 0.6 is 22.9 Å². The molecule has 5 nitrogen and oxygen atoms in total. The van der Waals surface area contributed by atoms with Crippen molar-refractivity contribution in [2.45, 2.75) is 36.8 Å². The average molecular weight is 494 g/mol. The zero-order valence-electron chi connectivity index (χ0n) is 19.3. The van der Waals surface area contributed by atoms with Crippen LogP contribution in [0.2, 0.25) is 4.34 Å². The molecule has 1 heterocycles. The molecule has 2 amide bonds. The minimum absolute atomic E-state index is 0.135. The Bertz CT molecular complexity index is 1220. The molecule has 7 heteroatoms. The third kappa shape index (κ3) is 4.63. The predicted molar refractivity (Wildman–Crippen MR) is 137 cm³/mol. The van der Waals surface area contributed by atoms with Gasteiger partial charge in [-0.15, -0.1) is 11.3 Å². The Morgan fingerprint density at radius 1 is 1.00 bits per heavy atom. The third-order valence-electron chi connectivity index (χ3n) is 6.86. The smallest absolute Gasteiger partial charge is 0.261 e. The van der Waals surface area contributed by atoms with E-state index >= 15 is 0 Å². The van der Waals surface area contributed by atoms with Crippen LogP contribution in [0.5, 0.6) is 0 Å². The quantitative estimate of drug-likeness (QED) is 0.496. The van der Waals surface area contributed by atoms with Crippen LogP contribution in [0.1, 0.15) is 55.6 Å². The van der Waals surface area contributed by atoms with E-state index in [1.165, 1.54) is 29.7 Å². The lowest BCUT2D eigenvalue weighted by Gasteiger charge is -2.23. The Balaban J connectivity index is 1.32. The Hall–Kier alpha value is -2.67. The maximum absolute atomic E-state index is 13.2. The fraction of sp³-hybridized carbons (Fsp3) is 0.333. The van der Waals surface area contributed by atoms with E-state index in [2.05, 4.69) is 47.8 Å². The summed E-state index contributed by atoms with van der Waals surface area (Å²) in [7, 11) is 4.20. The number of carbonyl (C=O) groups is 2. The molecule has 2 aliphatic rings. The molecule has 5 rings (SSSR count). The second-order valence-electron chi connectivity index (χ2n) is 9.63. The fourth-order valence-electron chi connectivity index (χ4n) is 5.08. The van der Waals surface area contributed by atoms with E-state index in [9.17, 15) is 9.59 Å². The zero-order chi connectivity index (χ0) is 23.9. The number of rotatable bonds is 7. The normalized spacial score (nSPS) is 20.1. The number of nitrogens with one attached hydrogen (secondary N) is 2. The summed E-state index contributed by atoms with van der Waals surface area (Å²) in [6.45, 7) is 1.02. The molecule has 1 saturated carbocycles. The number of carbonyl (C=O) groups excluding carboxylic acids is 2. The van der Waals surface area contributed by atoms with Crippen molar-refractivity contribution in [3.05, 3.63) is 92.1 Å². The first-order valence-corrected chi connectivity index (χ1v) is 12.7. The van der Waals surface area contributed by atoms with Gasteiger partial charge in [-0.3, -0.25) is 9.59 Å². The number of hydrogen-bond acceptors (Lipinski definition) is 4. The summed E-state index contributed by atoms with van der Waals surface area (Å²) in [6.07, 6.45) is 3.04. The first kappa shape index (κ1) is 23.1. The standard InChI is InChI=1S/C27H28ClN3O2S/c1-31(2)16-27(13-14-27)19-9-7-17(8-10-19)25(32)30-24-20-6-4-3-5-18(20)15-21(24)29-26(33)22-11-12-23(28)34-22/h3-12,21,24H,13-16H2,1-2H3,(H,29,33)(H,30,32). The summed E-state index contributed by atoms with van der Waals surface area (Å²) in [6, 6.07) is 19.0. The average Bonchev–Trinajstić information content (AvgIpc) is 3.32. The largest absolute Gasteiger partial charge is 0.346 e. The molecule has 0 radical (unpaired) electrons. The van der Waals surface area contributed by atoms with Crippen molar-refractivity contribution in [3.8, 4) is 0 Å². The fourth-order valence-corrected chi connectivity index (χ4v) is 6.02. The molecule has 3 aromatic rings. The molecular weight excluding hydrogens is 466 g/mol. The molecule has 2 atom stereocenters. The lowest BCUT2D eigenvalue weighted by Crippen LogP contribution is -2.44. The van der Waals surface area contributed by atoms with Gasteiger partial charge in [0.05, 0.1) is 21.3 Å². The number of benzene rings is 2. The molecule has 0 spiro atoms. The minimum Gasteiger partial charge on any atom is -0.346 e. The van der Waals surface area contributed by atoms with E-state index in [-0.39, 0.29) is 29.3 Å². The minimum atomic E-state index is -0.300. The molecule has 0 saturated heterocycles. The molecule has 2 unspecified atom stereocenters. The molecule has 2 N–H and O–H groups in total. The summed E-state index contributed by atoms with van der Waals surface area (Å²) in [5.74, 6) is -0.307. The van der Waals surface area contributed by atoms with Crippen LogP contribution in [0.25, 0.3) is 0 Å². The topological polar surface area (TPSA) is 61.4 Å². The number of thiophene rings is 1. The van der Waals surface area contributed by atoms with Crippen LogP contribution in [-0.4, -0.2) is 43.4 Å². The lowest BCUT2D eigenvalue weighted by atomic mass is 9.94. The Kier molecular flexibility index (Phi) is 6.23. The highest BCUT2D eigenvalue weighted by molar-refractivity contribution is 7.18. The summed E-state index contributed by atoms with van der Waals surface area (Å²) in [4.78, 5) is 28.8. The van der Waals surface area contributed by atoms with E-state index in [4.69, 9.17) is 11.6 Å². The van der Waals surface area contributed by atoms with Crippen molar-refractivity contribution in [1.82, 2.24) is 15.5 Å². The van der Waals surface area contributed by atoms with Gasteiger partial charge in [-0.1, -0.05) is 48.0 Å². The van der Waals surface area contributed by atoms with E-state index in [1.54, 1.807) is 12.1 Å². The van der Waals surface area contributed by atoms with Crippen LogP contribution < -0.4 is 10.6 Å². The highest BCUT2D eigenvalue weighted by atomic mass is 35.5. The molecule has 0 aliphatic heterocycles. The number of nitrogens with zero attached hydrogens (tertiary/aromatic N) is 1. The molecule has 1 fully saturated rings. The summed E-state index contributed by atoms with van der Waals surface area (Å²) >= 11 is 7.26. The molecule has 34 heavy (non-hydrogen) atoms. The van der Waals surface area contributed by atoms with Gasteiger partial charge >= 0.3 is 0 Å². The van der Waals surface area contributed by atoms with Crippen LogP contribution in [0.15, 0.2) is 60.7 Å². The highest BCUT2D eigenvalue weighted by Crippen LogP contribution is 2.48. The van der Waals surface area contributed by atoms with Gasteiger partial charge in [-0.25, -0.2) is 0 Å². The van der Waals surface area contributed by atoms with Crippen molar-refractivity contribution in [1.29, 1.82) is 0 Å². The van der Waals surface area contributed by atoms with Gasteiger partial charge in [-0.05, 0) is 74.3 Å². The van der Waals surface area contributed by atoms with Crippen LogP contribution in [0.4, 0.5) is 0 Å². The van der Waals surface area contributed by atoms with E-state index in [1.807, 2.05) is 30.3 Å². The number of halogens is 1. The van der Waals surface area contributed by atoms with Crippen molar-refractivity contribution < 1.29 is 9.59 Å². The summed E-state index contributed by atoms with van der Waals surface area (Å²) < 4.78 is 0.576. The monoisotopic (exact) mass is 493 g/mol. The highest BCUT2D eigenvalue weighted by Gasteiger charge is 2.44. The van der Waals surface area contributed by atoms with Crippen LogP contribution in [-0.2, 0) is 11.8 Å². The first-order chi connectivity index (χ1) is 16.3. The Morgan fingerprint density at radius 3 is 2.38 bits per heavy atom.